The van der Waals surface area contributed by atoms with Crippen molar-refractivity contribution in [3.8, 4) is 11.4 Å². The van der Waals surface area contributed by atoms with Gasteiger partial charge in [0.25, 0.3) is 0 Å². The number of rotatable bonds is 8. The van der Waals surface area contributed by atoms with Crippen LogP contribution < -0.4 is 0 Å². The lowest BCUT2D eigenvalue weighted by atomic mass is 9.62. The summed E-state index contributed by atoms with van der Waals surface area (Å²) in [5, 5.41) is 17.6. The van der Waals surface area contributed by atoms with Gasteiger partial charge in [-0.3, -0.25) is 4.98 Å². The van der Waals surface area contributed by atoms with Gasteiger partial charge in [0, 0.05) is 61.2 Å². The van der Waals surface area contributed by atoms with Gasteiger partial charge in [-0.2, -0.15) is 5.10 Å². The highest BCUT2D eigenvalue weighted by Crippen LogP contribution is 2.50. The van der Waals surface area contributed by atoms with Crippen LogP contribution in [-0.2, 0) is 16.8 Å². The first-order chi connectivity index (χ1) is 17.9. The number of aryl methyl sites for hydroxylation is 1. The standard InChI is InChI=1S/C30H39N5O2/c1-4-5-21-6-8-24(9-7-21)30(36,29(2)19-34(3)20-29)25-16-23(17-31-18-25)27-32-28(22-12-14-37-15-13-22)35(33-27)26-10-11-26/h6-9,16-18,22,26,36H,4-5,10-15,19-20H2,1-3H3/t30-/m0/s1. The molecular formula is C30H39N5O2. The molecule has 1 aliphatic carbocycles. The molecule has 0 amide bonds. The fraction of sp³-hybridized carbons (Fsp3) is 0.567. The molecule has 6 rings (SSSR count). The third-order valence-electron chi connectivity index (χ3n) is 8.57. The number of nitrogens with zero attached hydrogens (tertiary/aromatic N) is 5. The van der Waals surface area contributed by atoms with Crippen LogP contribution in [0.15, 0.2) is 42.7 Å². The summed E-state index contributed by atoms with van der Waals surface area (Å²) in [4.78, 5) is 11.9. The summed E-state index contributed by atoms with van der Waals surface area (Å²) in [5.74, 6) is 2.18. The Balaban J connectivity index is 1.40. The lowest BCUT2D eigenvalue weighted by Crippen LogP contribution is -2.63. The van der Waals surface area contributed by atoms with E-state index < -0.39 is 5.60 Å². The molecule has 1 aromatic carbocycles. The number of ether oxygens (including phenoxy) is 1. The minimum Gasteiger partial charge on any atom is -0.381 e. The third kappa shape index (κ3) is 4.41. The van der Waals surface area contributed by atoms with Crippen molar-refractivity contribution in [3.05, 3.63) is 65.2 Å². The average molecular weight is 502 g/mol. The molecular weight excluding hydrogens is 462 g/mol. The topological polar surface area (TPSA) is 76.3 Å². The molecule has 0 spiro atoms. The number of aliphatic hydroxyl groups is 1. The van der Waals surface area contributed by atoms with Crippen LogP contribution in [0.3, 0.4) is 0 Å². The van der Waals surface area contributed by atoms with Crippen LogP contribution >= 0.6 is 0 Å². The van der Waals surface area contributed by atoms with E-state index in [1.807, 2.05) is 12.4 Å². The average Bonchev–Trinajstić information content (AvgIpc) is 3.66. The van der Waals surface area contributed by atoms with Crippen molar-refractivity contribution in [1.82, 2.24) is 24.6 Å². The van der Waals surface area contributed by atoms with Crippen molar-refractivity contribution in [3.63, 3.8) is 0 Å². The van der Waals surface area contributed by atoms with Gasteiger partial charge in [0.05, 0.1) is 6.04 Å². The Morgan fingerprint density at radius 1 is 1.05 bits per heavy atom. The Bertz CT molecular complexity index is 1240. The first-order valence-electron chi connectivity index (χ1n) is 13.9. The minimum atomic E-state index is -1.17. The van der Waals surface area contributed by atoms with E-state index in [4.69, 9.17) is 14.8 Å². The van der Waals surface area contributed by atoms with E-state index in [2.05, 4.69) is 65.8 Å². The number of aromatic nitrogens is 4. The van der Waals surface area contributed by atoms with Crippen molar-refractivity contribution in [2.24, 2.45) is 5.41 Å². The molecule has 4 heterocycles. The van der Waals surface area contributed by atoms with Gasteiger partial charge < -0.3 is 14.7 Å². The molecule has 196 valence electrons. The summed E-state index contributed by atoms with van der Waals surface area (Å²) >= 11 is 0. The van der Waals surface area contributed by atoms with Gasteiger partial charge in [-0.15, -0.1) is 0 Å². The second-order valence-electron chi connectivity index (χ2n) is 11.7. The number of benzene rings is 1. The number of hydrogen-bond donors (Lipinski definition) is 1. The maximum atomic E-state index is 12.6. The van der Waals surface area contributed by atoms with Crippen LogP contribution in [0.2, 0.25) is 0 Å². The molecule has 37 heavy (non-hydrogen) atoms. The highest BCUT2D eigenvalue weighted by Gasteiger charge is 2.55. The van der Waals surface area contributed by atoms with E-state index in [9.17, 15) is 5.11 Å². The Morgan fingerprint density at radius 2 is 1.78 bits per heavy atom. The van der Waals surface area contributed by atoms with Gasteiger partial charge in [-0.25, -0.2) is 9.67 Å². The summed E-state index contributed by atoms with van der Waals surface area (Å²) in [5.41, 5.74) is 2.38. The van der Waals surface area contributed by atoms with Crippen LogP contribution in [0.25, 0.3) is 11.4 Å². The number of pyridine rings is 1. The number of likely N-dealkylation sites (tertiary alicyclic amines) is 1. The van der Waals surface area contributed by atoms with Crippen molar-refractivity contribution in [1.29, 1.82) is 0 Å². The molecule has 1 N–H and O–H groups in total. The second-order valence-corrected chi connectivity index (χ2v) is 11.7. The maximum absolute atomic E-state index is 12.6. The third-order valence-corrected chi connectivity index (χ3v) is 8.57. The van der Waals surface area contributed by atoms with Crippen LogP contribution in [0.1, 0.15) is 80.4 Å². The SMILES string of the molecule is CCCc1ccc([C@](O)(c2cncc(-c3nc(C4CCOCC4)n(C4CC4)n3)c2)C2(C)CN(C)C2)cc1. The molecule has 0 bridgehead atoms. The minimum absolute atomic E-state index is 0.331. The number of hydrogen-bond acceptors (Lipinski definition) is 6. The molecule has 2 saturated heterocycles. The molecule has 3 aromatic rings. The second kappa shape index (κ2) is 9.61. The molecule has 7 nitrogen and oxygen atoms in total. The van der Waals surface area contributed by atoms with Crippen LogP contribution in [0, 0.1) is 5.41 Å². The maximum Gasteiger partial charge on any atom is 0.182 e. The first kappa shape index (κ1) is 24.7. The van der Waals surface area contributed by atoms with Gasteiger partial charge in [0.15, 0.2) is 5.82 Å². The smallest absolute Gasteiger partial charge is 0.182 e. The molecule has 2 aromatic heterocycles. The largest absolute Gasteiger partial charge is 0.381 e. The van der Waals surface area contributed by atoms with Gasteiger partial charge in [-0.1, -0.05) is 44.5 Å². The van der Waals surface area contributed by atoms with Gasteiger partial charge in [0.2, 0.25) is 0 Å². The molecule has 2 aliphatic heterocycles. The van der Waals surface area contributed by atoms with Crippen LogP contribution in [-0.4, -0.2) is 63.1 Å². The fourth-order valence-corrected chi connectivity index (χ4v) is 6.48. The molecule has 1 saturated carbocycles. The normalized spacial score (nSPS) is 21.9. The highest BCUT2D eigenvalue weighted by molar-refractivity contribution is 5.56. The van der Waals surface area contributed by atoms with Crippen molar-refractivity contribution >= 4 is 0 Å². The van der Waals surface area contributed by atoms with E-state index >= 15 is 0 Å². The van der Waals surface area contributed by atoms with Gasteiger partial charge >= 0.3 is 0 Å². The molecule has 7 heteroatoms. The Morgan fingerprint density at radius 3 is 2.43 bits per heavy atom. The lowest BCUT2D eigenvalue weighted by Gasteiger charge is -2.55. The van der Waals surface area contributed by atoms with Crippen molar-refractivity contribution < 1.29 is 9.84 Å². The molecule has 0 unspecified atom stereocenters. The quantitative estimate of drug-likeness (QED) is 0.482. The van der Waals surface area contributed by atoms with Crippen molar-refractivity contribution in [2.45, 2.75) is 69.9 Å². The zero-order valence-corrected chi connectivity index (χ0v) is 22.4. The Hall–Kier alpha value is -2.61. The van der Waals surface area contributed by atoms with Crippen molar-refractivity contribution in [2.75, 3.05) is 33.4 Å². The van der Waals surface area contributed by atoms with E-state index in [1.165, 1.54) is 5.56 Å². The fourth-order valence-electron chi connectivity index (χ4n) is 6.48. The predicted molar refractivity (Wildman–Crippen MR) is 143 cm³/mol. The summed E-state index contributed by atoms with van der Waals surface area (Å²) in [7, 11) is 2.10. The summed E-state index contributed by atoms with van der Waals surface area (Å²) < 4.78 is 7.77. The Kier molecular flexibility index (Phi) is 6.42. The van der Waals surface area contributed by atoms with E-state index in [-0.39, 0.29) is 5.41 Å². The molecule has 3 fully saturated rings. The zero-order chi connectivity index (χ0) is 25.6. The van der Waals surface area contributed by atoms with Crippen LogP contribution in [0.5, 0.6) is 0 Å². The zero-order valence-electron chi connectivity index (χ0n) is 22.4. The van der Waals surface area contributed by atoms with E-state index in [0.717, 1.165) is 87.3 Å². The van der Waals surface area contributed by atoms with Gasteiger partial charge in [-0.05, 0) is 56.3 Å². The van der Waals surface area contributed by atoms with E-state index in [0.29, 0.717) is 17.8 Å². The highest BCUT2D eigenvalue weighted by atomic mass is 16.5. The summed E-state index contributed by atoms with van der Waals surface area (Å²) in [6, 6.07) is 11.0. The lowest BCUT2D eigenvalue weighted by molar-refractivity contribution is -0.127. The van der Waals surface area contributed by atoms with E-state index in [1.54, 1.807) is 0 Å². The van der Waals surface area contributed by atoms with Crippen LogP contribution in [0.4, 0.5) is 0 Å². The monoisotopic (exact) mass is 501 g/mol. The molecule has 1 atom stereocenters. The molecule has 0 radical (unpaired) electrons. The summed E-state index contributed by atoms with van der Waals surface area (Å²) in [6.07, 6.45) is 10.1. The molecule has 3 aliphatic rings. The predicted octanol–water partition coefficient (Wildman–Crippen LogP) is 4.71. The Labute approximate surface area is 219 Å². The van der Waals surface area contributed by atoms with Gasteiger partial charge in [0.1, 0.15) is 11.4 Å². The first-order valence-corrected chi connectivity index (χ1v) is 13.9. The summed E-state index contributed by atoms with van der Waals surface area (Å²) in [6.45, 7) is 7.57.